The highest BCUT2D eigenvalue weighted by molar-refractivity contribution is 6.62. The van der Waals surface area contributed by atoms with Crippen molar-refractivity contribution in [1.82, 2.24) is 4.90 Å². The molecule has 2 rings (SSSR count). The van der Waals surface area contributed by atoms with Crippen molar-refractivity contribution in [1.29, 1.82) is 0 Å². The zero-order chi connectivity index (χ0) is 11.7. The second kappa shape index (κ2) is 4.14. The van der Waals surface area contributed by atoms with Gasteiger partial charge >= 0.3 is 5.37 Å². The maximum atomic E-state index is 11.1. The molecule has 5 heteroatoms. The standard InChI is InChI=1S/C11H11ClN2O2/c1-14(11(12)16)6-7-2-3-9-8(4-7)5-10(15)13-9/h2-4H,5-6H2,1H3,(H,13,15). The molecule has 1 aromatic rings. The SMILES string of the molecule is CN(Cc1ccc2c(c1)CC(=O)N2)C(=O)Cl. The summed E-state index contributed by atoms with van der Waals surface area (Å²) in [5.41, 5.74) is 2.79. The molecule has 0 bridgehead atoms. The number of nitrogens with one attached hydrogen (secondary N) is 1. The van der Waals surface area contributed by atoms with E-state index >= 15 is 0 Å². The summed E-state index contributed by atoms with van der Waals surface area (Å²) in [6.07, 6.45) is 0.404. The lowest BCUT2D eigenvalue weighted by atomic mass is 10.1. The molecular formula is C11H11ClN2O2. The van der Waals surface area contributed by atoms with E-state index in [1.807, 2.05) is 18.2 Å². The van der Waals surface area contributed by atoms with Gasteiger partial charge in [-0.25, -0.2) is 0 Å². The van der Waals surface area contributed by atoms with Crippen molar-refractivity contribution in [2.75, 3.05) is 12.4 Å². The first-order valence-electron chi connectivity index (χ1n) is 4.88. The van der Waals surface area contributed by atoms with Gasteiger partial charge in [0.05, 0.1) is 6.42 Å². The first kappa shape index (κ1) is 11.0. The van der Waals surface area contributed by atoms with Crippen LogP contribution in [0.4, 0.5) is 10.5 Å². The second-order valence-electron chi connectivity index (χ2n) is 3.83. The highest BCUT2D eigenvalue weighted by atomic mass is 35.5. The lowest BCUT2D eigenvalue weighted by molar-refractivity contribution is -0.115. The summed E-state index contributed by atoms with van der Waals surface area (Å²) in [4.78, 5) is 23.4. The van der Waals surface area contributed by atoms with E-state index in [9.17, 15) is 9.59 Å². The van der Waals surface area contributed by atoms with Crippen molar-refractivity contribution < 1.29 is 9.59 Å². The molecule has 0 saturated carbocycles. The van der Waals surface area contributed by atoms with E-state index < -0.39 is 5.37 Å². The van der Waals surface area contributed by atoms with Crippen molar-refractivity contribution in [3.8, 4) is 0 Å². The van der Waals surface area contributed by atoms with Crippen LogP contribution in [0.2, 0.25) is 0 Å². The van der Waals surface area contributed by atoms with Gasteiger partial charge in [0.2, 0.25) is 5.91 Å². The van der Waals surface area contributed by atoms with E-state index in [1.165, 1.54) is 4.90 Å². The molecule has 0 atom stereocenters. The summed E-state index contributed by atoms with van der Waals surface area (Å²) in [7, 11) is 1.63. The van der Waals surface area contributed by atoms with Crippen LogP contribution in [0.15, 0.2) is 18.2 Å². The Bertz CT molecular complexity index is 459. The minimum absolute atomic E-state index is 0.00826. The summed E-state index contributed by atoms with van der Waals surface area (Å²) in [6, 6.07) is 5.65. The fourth-order valence-corrected chi connectivity index (χ4v) is 1.78. The lowest BCUT2D eigenvalue weighted by Crippen LogP contribution is -2.20. The van der Waals surface area contributed by atoms with Crippen LogP contribution >= 0.6 is 11.6 Å². The molecular weight excluding hydrogens is 228 g/mol. The van der Waals surface area contributed by atoms with Crippen molar-refractivity contribution in [3.63, 3.8) is 0 Å². The smallest absolute Gasteiger partial charge is 0.316 e. The third kappa shape index (κ3) is 2.17. The highest BCUT2D eigenvalue weighted by Gasteiger charge is 2.17. The van der Waals surface area contributed by atoms with Crippen LogP contribution in [0.25, 0.3) is 0 Å². The Balaban J connectivity index is 2.16. The first-order valence-corrected chi connectivity index (χ1v) is 5.26. The van der Waals surface area contributed by atoms with Crippen LogP contribution < -0.4 is 5.32 Å². The summed E-state index contributed by atoms with van der Waals surface area (Å²) in [5.74, 6) is 0.00826. The van der Waals surface area contributed by atoms with E-state index in [-0.39, 0.29) is 5.91 Å². The molecule has 2 amide bonds. The third-order valence-electron chi connectivity index (χ3n) is 2.51. The van der Waals surface area contributed by atoms with Gasteiger partial charge in [-0.05, 0) is 28.8 Å². The second-order valence-corrected chi connectivity index (χ2v) is 4.15. The normalized spacial score (nSPS) is 13.2. The maximum Gasteiger partial charge on any atom is 0.316 e. The van der Waals surface area contributed by atoms with Gasteiger partial charge in [0.15, 0.2) is 0 Å². The quantitative estimate of drug-likeness (QED) is 0.633. The van der Waals surface area contributed by atoms with E-state index in [4.69, 9.17) is 11.6 Å². The molecule has 0 saturated heterocycles. The van der Waals surface area contributed by atoms with Crippen molar-refractivity contribution in [2.24, 2.45) is 0 Å². The van der Waals surface area contributed by atoms with E-state index in [2.05, 4.69) is 5.32 Å². The third-order valence-corrected chi connectivity index (χ3v) is 2.80. The number of rotatable bonds is 2. The Labute approximate surface area is 98.2 Å². The lowest BCUT2D eigenvalue weighted by Gasteiger charge is -2.13. The number of amides is 2. The predicted molar refractivity (Wildman–Crippen MR) is 61.5 cm³/mol. The summed E-state index contributed by atoms with van der Waals surface area (Å²) >= 11 is 5.34. The molecule has 0 spiro atoms. The Morgan fingerprint density at radius 2 is 2.31 bits per heavy atom. The maximum absolute atomic E-state index is 11.1. The molecule has 16 heavy (non-hydrogen) atoms. The van der Waals surface area contributed by atoms with Crippen LogP contribution in [0, 0.1) is 0 Å². The minimum atomic E-state index is -0.491. The van der Waals surface area contributed by atoms with Crippen molar-refractivity contribution >= 4 is 28.6 Å². The zero-order valence-electron chi connectivity index (χ0n) is 8.79. The van der Waals surface area contributed by atoms with Gasteiger partial charge in [0.1, 0.15) is 0 Å². The molecule has 0 aromatic heterocycles. The largest absolute Gasteiger partial charge is 0.328 e. The van der Waals surface area contributed by atoms with Crippen LogP contribution in [0.3, 0.4) is 0 Å². The molecule has 0 unspecified atom stereocenters. The summed E-state index contributed by atoms with van der Waals surface area (Å²) in [5, 5.41) is 2.26. The van der Waals surface area contributed by atoms with Crippen LogP contribution in [-0.4, -0.2) is 23.2 Å². The number of anilines is 1. The molecule has 1 aliphatic heterocycles. The molecule has 1 aromatic carbocycles. The van der Waals surface area contributed by atoms with Gasteiger partial charge in [-0.3, -0.25) is 9.59 Å². The molecule has 0 aliphatic carbocycles. The number of benzene rings is 1. The van der Waals surface area contributed by atoms with Gasteiger partial charge in [-0.2, -0.15) is 0 Å². The molecule has 4 nitrogen and oxygen atoms in total. The molecule has 1 N–H and O–H groups in total. The molecule has 1 aliphatic rings. The zero-order valence-corrected chi connectivity index (χ0v) is 9.54. The number of hydrogen-bond donors (Lipinski definition) is 1. The van der Waals surface area contributed by atoms with Gasteiger partial charge < -0.3 is 10.2 Å². The molecule has 84 valence electrons. The number of hydrogen-bond acceptors (Lipinski definition) is 2. The van der Waals surface area contributed by atoms with Crippen LogP contribution in [-0.2, 0) is 17.8 Å². The average Bonchev–Trinajstić information content (AvgIpc) is 2.57. The Morgan fingerprint density at radius 1 is 1.56 bits per heavy atom. The van der Waals surface area contributed by atoms with Crippen molar-refractivity contribution in [2.45, 2.75) is 13.0 Å². The van der Waals surface area contributed by atoms with Gasteiger partial charge in [-0.1, -0.05) is 12.1 Å². The highest BCUT2D eigenvalue weighted by Crippen LogP contribution is 2.24. The van der Waals surface area contributed by atoms with Gasteiger partial charge in [0, 0.05) is 19.3 Å². The first-order chi connectivity index (χ1) is 7.56. The van der Waals surface area contributed by atoms with Crippen LogP contribution in [0.5, 0.6) is 0 Å². The van der Waals surface area contributed by atoms with Gasteiger partial charge in [-0.15, -0.1) is 0 Å². The van der Waals surface area contributed by atoms with E-state index in [0.717, 1.165) is 16.8 Å². The van der Waals surface area contributed by atoms with Crippen LogP contribution in [0.1, 0.15) is 11.1 Å². The molecule has 0 radical (unpaired) electrons. The Hall–Kier alpha value is -1.55. The number of fused-ring (bicyclic) bond motifs is 1. The average molecular weight is 239 g/mol. The fraction of sp³-hybridized carbons (Fsp3) is 0.273. The topological polar surface area (TPSA) is 49.4 Å². The summed E-state index contributed by atoms with van der Waals surface area (Å²) < 4.78 is 0. The Morgan fingerprint density at radius 3 is 3.00 bits per heavy atom. The van der Waals surface area contributed by atoms with Gasteiger partial charge in [0.25, 0.3) is 0 Å². The number of halogens is 1. The predicted octanol–water partition coefficient (Wildman–Crippen LogP) is 1.97. The molecule has 0 fully saturated rings. The fourth-order valence-electron chi connectivity index (χ4n) is 1.72. The monoisotopic (exact) mass is 238 g/mol. The van der Waals surface area contributed by atoms with Crippen molar-refractivity contribution in [3.05, 3.63) is 29.3 Å². The molecule has 1 heterocycles. The summed E-state index contributed by atoms with van der Waals surface area (Å²) in [6.45, 7) is 0.448. The number of carbonyl (C=O) groups is 2. The van der Waals surface area contributed by atoms with E-state index in [1.54, 1.807) is 7.05 Å². The number of nitrogens with zero attached hydrogens (tertiary/aromatic N) is 1. The minimum Gasteiger partial charge on any atom is -0.328 e. The number of carbonyl (C=O) groups excluding carboxylic acids is 2. The van der Waals surface area contributed by atoms with E-state index in [0.29, 0.717) is 13.0 Å². The Kier molecular flexibility index (Phi) is 2.83.